The van der Waals surface area contributed by atoms with E-state index >= 15 is 0 Å². The molecular weight excluding hydrogens is 308 g/mol. The molecule has 1 atom stereocenters. The molecule has 2 heterocycles. The largest absolute Gasteiger partial charge is 0.332 e. The van der Waals surface area contributed by atoms with E-state index in [9.17, 15) is 18.0 Å². The Morgan fingerprint density at radius 2 is 1.90 bits per heavy atom. The number of aromatic amines is 1. The zero-order valence-corrected chi connectivity index (χ0v) is 12.6. The highest BCUT2D eigenvalue weighted by atomic mass is 35.5. The zero-order chi connectivity index (χ0) is 15.2. The molecule has 0 bridgehead atoms. The molecule has 0 aliphatic carbocycles. The van der Waals surface area contributed by atoms with E-state index in [4.69, 9.17) is 11.6 Å². The molecule has 0 aliphatic heterocycles. The first-order chi connectivity index (χ1) is 9.21. The van der Waals surface area contributed by atoms with Gasteiger partial charge in [-0.25, -0.2) is 13.2 Å². The molecule has 0 aromatic carbocycles. The minimum atomic E-state index is -3.77. The van der Waals surface area contributed by atoms with Gasteiger partial charge < -0.3 is 4.98 Å². The predicted molar refractivity (Wildman–Crippen MR) is 73.9 cm³/mol. The number of imidazole rings is 1. The van der Waals surface area contributed by atoms with Gasteiger partial charge >= 0.3 is 5.69 Å². The number of fused-ring (bicyclic) bond motifs is 1. The van der Waals surface area contributed by atoms with E-state index in [1.54, 1.807) is 0 Å². The number of aromatic nitrogens is 4. The van der Waals surface area contributed by atoms with Crippen molar-refractivity contribution in [2.24, 2.45) is 14.1 Å². The Morgan fingerprint density at radius 3 is 2.45 bits per heavy atom. The van der Waals surface area contributed by atoms with Crippen LogP contribution in [0.25, 0.3) is 11.2 Å². The molecular formula is C10H13ClN4O4S. The first kappa shape index (κ1) is 14.8. The molecule has 2 aromatic rings. The lowest BCUT2D eigenvalue weighted by atomic mass is 10.5. The van der Waals surface area contributed by atoms with Crippen LogP contribution in [0.3, 0.4) is 0 Å². The monoisotopic (exact) mass is 320 g/mol. The van der Waals surface area contributed by atoms with Crippen molar-refractivity contribution in [3.63, 3.8) is 0 Å². The fraction of sp³-hybridized carbons (Fsp3) is 0.500. The van der Waals surface area contributed by atoms with Gasteiger partial charge in [-0.05, 0) is 6.92 Å². The van der Waals surface area contributed by atoms with E-state index in [0.717, 1.165) is 9.13 Å². The molecule has 0 radical (unpaired) electrons. The van der Waals surface area contributed by atoms with Crippen LogP contribution in [-0.2, 0) is 23.9 Å². The van der Waals surface area contributed by atoms with Gasteiger partial charge in [-0.15, -0.1) is 11.6 Å². The Labute approximate surface area is 118 Å². The second-order valence-corrected chi connectivity index (χ2v) is 7.05. The summed E-state index contributed by atoms with van der Waals surface area (Å²) in [4.78, 5) is 30.0. The smallest absolute Gasteiger partial charge is 0.323 e. The van der Waals surface area contributed by atoms with Crippen LogP contribution < -0.4 is 11.2 Å². The lowest BCUT2D eigenvalue weighted by molar-refractivity contribution is 0.580. The summed E-state index contributed by atoms with van der Waals surface area (Å²) in [7, 11) is -1.06. The fourth-order valence-electron chi connectivity index (χ4n) is 1.71. The van der Waals surface area contributed by atoms with Crippen molar-refractivity contribution in [1.82, 2.24) is 19.1 Å². The van der Waals surface area contributed by atoms with Gasteiger partial charge in [0.15, 0.2) is 11.2 Å². The average molecular weight is 321 g/mol. The molecule has 2 rings (SSSR count). The predicted octanol–water partition coefficient (Wildman–Crippen LogP) is -0.639. The summed E-state index contributed by atoms with van der Waals surface area (Å²) in [6.07, 6.45) is 0. The van der Waals surface area contributed by atoms with Gasteiger partial charge in [0.05, 0.1) is 5.25 Å². The van der Waals surface area contributed by atoms with E-state index in [1.165, 1.54) is 21.0 Å². The highest BCUT2D eigenvalue weighted by Crippen LogP contribution is 2.16. The normalized spacial score (nSPS) is 13.8. The second-order valence-electron chi connectivity index (χ2n) is 4.46. The van der Waals surface area contributed by atoms with E-state index in [0.29, 0.717) is 0 Å². The Kier molecular flexibility index (Phi) is 3.51. The van der Waals surface area contributed by atoms with Crippen molar-refractivity contribution >= 4 is 32.6 Å². The first-order valence-corrected chi connectivity index (χ1v) is 7.75. The number of halogens is 1. The first-order valence-electron chi connectivity index (χ1n) is 5.67. The van der Waals surface area contributed by atoms with Gasteiger partial charge in [0, 0.05) is 20.0 Å². The van der Waals surface area contributed by atoms with Gasteiger partial charge in [0.1, 0.15) is 0 Å². The number of rotatable bonds is 3. The summed E-state index contributed by atoms with van der Waals surface area (Å²) < 4.78 is 26.3. The van der Waals surface area contributed by atoms with Crippen molar-refractivity contribution in [1.29, 1.82) is 0 Å². The number of aryl methyl sites for hydroxylation is 1. The van der Waals surface area contributed by atoms with Gasteiger partial charge in [-0.1, -0.05) is 0 Å². The van der Waals surface area contributed by atoms with Crippen molar-refractivity contribution in [2.45, 2.75) is 17.3 Å². The fourth-order valence-corrected chi connectivity index (χ4v) is 3.22. The Balaban J connectivity index is 2.86. The molecule has 0 saturated carbocycles. The number of sulfone groups is 1. The Hall–Kier alpha value is -1.61. The SMILES string of the molecule is CC(CCl)S(=O)(=O)c1nc2c([nH]1)c(=O)n(C)c(=O)n2C. The highest BCUT2D eigenvalue weighted by molar-refractivity contribution is 7.92. The lowest BCUT2D eigenvalue weighted by Crippen LogP contribution is -2.36. The number of hydrogen-bond donors (Lipinski definition) is 1. The van der Waals surface area contributed by atoms with Crippen LogP contribution in [0.5, 0.6) is 0 Å². The van der Waals surface area contributed by atoms with Crippen LogP contribution in [-0.4, -0.2) is 38.6 Å². The lowest BCUT2D eigenvalue weighted by Gasteiger charge is -2.05. The molecule has 20 heavy (non-hydrogen) atoms. The molecule has 0 amide bonds. The van der Waals surface area contributed by atoms with Crippen LogP contribution in [0.1, 0.15) is 6.92 Å². The minimum absolute atomic E-state index is 0.00144. The third-order valence-electron chi connectivity index (χ3n) is 3.09. The number of alkyl halides is 1. The highest BCUT2D eigenvalue weighted by Gasteiger charge is 2.27. The summed E-state index contributed by atoms with van der Waals surface area (Å²) in [5.41, 5.74) is -1.24. The maximum absolute atomic E-state index is 12.2. The number of hydrogen-bond acceptors (Lipinski definition) is 5. The minimum Gasteiger partial charge on any atom is -0.323 e. The van der Waals surface area contributed by atoms with Gasteiger partial charge in [-0.3, -0.25) is 13.9 Å². The number of H-pyrrole nitrogens is 1. The van der Waals surface area contributed by atoms with Crippen LogP contribution in [0.4, 0.5) is 0 Å². The van der Waals surface area contributed by atoms with E-state index < -0.39 is 26.3 Å². The Morgan fingerprint density at radius 1 is 1.30 bits per heavy atom. The van der Waals surface area contributed by atoms with Crippen LogP contribution in [0, 0.1) is 0 Å². The van der Waals surface area contributed by atoms with Crippen LogP contribution in [0.15, 0.2) is 14.7 Å². The molecule has 0 aliphatic rings. The van der Waals surface area contributed by atoms with E-state index in [1.807, 2.05) is 0 Å². The summed E-state index contributed by atoms with van der Waals surface area (Å²) in [6.45, 7) is 1.44. The third-order valence-corrected chi connectivity index (χ3v) is 5.69. The molecule has 8 nitrogen and oxygen atoms in total. The summed E-state index contributed by atoms with van der Waals surface area (Å²) >= 11 is 5.56. The van der Waals surface area contributed by atoms with Crippen molar-refractivity contribution in [2.75, 3.05) is 5.88 Å². The molecule has 1 N–H and O–H groups in total. The maximum Gasteiger partial charge on any atom is 0.332 e. The quantitative estimate of drug-likeness (QED) is 0.757. The van der Waals surface area contributed by atoms with Gasteiger partial charge in [0.25, 0.3) is 5.56 Å². The molecule has 2 aromatic heterocycles. The molecule has 0 fully saturated rings. The summed E-state index contributed by atoms with van der Waals surface area (Å²) in [5, 5.41) is -1.22. The Bertz CT molecular complexity index is 892. The van der Waals surface area contributed by atoms with Crippen LogP contribution in [0.2, 0.25) is 0 Å². The number of nitrogens with one attached hydrogen (secondary N) is 1. The summed E-state index contributed by atoms with van der Waals surface area (Å²) in [5.74, 6) is -0.101. The van der Waals surface area contributed by atoms with Crippen molar-refractivity contribution in [3.8, 4) is 0 Å². The van der Waals surface area contributed by atoms with Gasteiger partial charge in [-0.2, -0.15) is 4.98 Å². The van der Waals surface area contributed by atoms with E-state index in [2.05, 4.69) is 9.97 Å². The second kappa shape index (κ2) is 4.74. The molecule has 1 unspecified atom stereocenters. The van der Waals surface area contributed by atoms with Crippen molar-refractivity contribution in [3.05, 3.63) is 20.8 Å². The molecule has 110 valence electrons. The summed E-state index contributed by atoms with van der Waals surface area (Å²) in [6, 6.07) is 0. The van der Waals surface area contributed by atoms with Crippen LogP contribution >= 0.6 is 11.6 Å². The zero-order valence-electron chi connectivity index (χ0n) is 11.0. The number of nitrogens with zero attached hydrogens (tertiary/aromatic N) is 3. The molecule has 0 saturated heterocycles. The third kappa shape index (κ3) is 1.97. The standard InChI is InChI=1S/C10H13ClN4O4S/c1-5(4-11)20(18,19)9-12-6-7(13-9)14(2)10(17)15(3)8(6)16/h5H,4H2,1-3H3,(H,12,13). The molecule has 0 spiro atoms. The van der Waals surface area contributed by atoms with E-state index in [-0.39, 0.29) is 22.2 Å². The molecule has 10 heteroatoms. The average Bonchev–Trinajstić information content (AvgIpc) is 2.87. The van der Waals surface area contributed by atoms with Gasteiger partial charge in [0.2, 0.25) is 15.0 Å². The topological polar surface area (TPSA) is 107 Å². The van der Waals surface area contributed by atoms with Crippen molar-refractivity contribution < 1.29 is 8.42 Å². The maximum atomic E-state index is 12.2.